The van der Waals surface area contributed by atoms with Crippen molar-refractivity contribution in [3.05, 3.63) is 126 Å². The summed E-state index contributed by atoms with van der Waals surface area (Å²) in [4.78, 5) is 0. The van der Waals surface area contributed by atoms with E-state index in [1.807, 2.05) is 11.3 Å². The number of rotatable bonds is 2. The summed E-state index contributed by atoms with van der Waals surface area (Å²) in [6.07, 6.45) is 0. The Morgan fingerprint density at radius 1 is 0.561 bits per heavy atom. The average Bonchev–Trinajstić information content (AvgIpc) is 3.66. The van der Waals surface area contributed by atoms with E-state index < -0.39 is 0 Å². The van der Waals surface area contributed by atoms with Crippen LogP contribution < -0.4 is 0 Å². The fourth-order valence-electron chi connectivity index (χ4n) is 6.70. The minimum atomic E-state index is 0.913. The van der Waals surface area contributed by atoms with Crippen molar-refractivity contribution in [2.45, 2.75) is 13.8 Å². The van der Waals surface area contributed by atoms with Crippen LogP contribution >= 0.6 is 11.3 Å². The Balaban J connectivity index is 1.37. The quantitative estimate of drug-likeness (QED) is 0.212. The third-order valence-corrected chi connectivity index (χ3v) is 9.73. The maximum Gasteiger partial charge on any atom is 0.159 e. The van der Waals surface area contributed by atoms with Crippen LogP contribution in [-0.4, -0.2) is 4.57 Å². The third kappa shape index (κ3) is 3.18. The van der Waals surface area contributed by atoms with Gasteiger partial charge in [0.25, 0.3) is 0 Å². The highest BCUT2D eigenvalue weighted by molar-refractivity contribution is 7.26. The van der Waals surface area contributed by atoms with Crippen LogP contribution in [0.3, 0.4) is 0 Å². The zero-order chi connectivity index (χ0) is 27.2. The van der Waals surface area contributed by atoms with Crippen molar-refractivity contribution in [2.24, 2.45) is 0 Å². The molecular formula is C38H25NOS. The fraction of sp³-hybridized carbons (Fsp3) is 0.0526. The molecule has 0 aliphatic rings. The standard InChI is InChI=1S/C38H25NOS/c1-22-16-18-31-29(20-22)30-21-23(2)17-19-32(30)39(31)33-13-6-12-28-36-25(9-7-14-34(36)40-37(28)33)27-11-5-10-26-24-8-3-4-15-35(24)41-38(26)27/h3-21H,1-2H3. The largest absolute Gasteiger partial charge is 0.454 e. The first-order valence-corrected chi connectivity index (χ1v) is 14.8. The number of thiophene rings is 1. The van der Waals surface area contributed by atoms with Gasteiger partial charge in [0, 0.05) is 47.3 Å². The molecule has 0 saturated heterocycles. The summed E-state index contributed by atoms with van der Waals surface area (Å²) < 4.78 is 11.8. The van der Waals surface area contributed by atoms with Gasteiger partial charge in [-0.05, 0) is 61.9 Å². The maximum absolute atomic E-state index is 6.77. The lowest BCUT2D eigenvalue weighted by molar-refractivity contribution is 0.666. The number of benzene rings is 6. The van der Waals surface area contributed by atoms with Gasteiger partial charge >= 0.3 is 0 Å². The normalized spacial score (nSPS) is 12.1. The second-order valence-electron chi connectivity index (χ2n) is 11.1. The van der Waals surface area contributed by atoms with E-state index in [0.29, 0.717) is 0 Å². The SMILES string of the molecule is Cc1ccc2c(c1)c1cc(C)ccc1n2-c1cccc2c1oc1cccc(-c3cccc4c3sc3ccccc34)c12. The van der Waals surface area contributed by atoms with Crippen LogP contribution in [0.5, 0.6) is 0 Å². The lowest BCUT2D eigenvalue weighted by atomic mass is 9.97. The number of furan rings is 1. The van der Waals surface area contributed by atoms with E-state index in [0.717, 1.165) is 22.2 Å². The Labute approximate surface area is 240 Å². The molecule has 3 heteroatoms. The van der Waals surface area contributed by atoms with Crippen LogP contribution in [0, 0.1) is 13.8 Å². The van der Waals surface area contributed by atoms with E-state index in [1.165, 1.54) is 69.6 Å². The Morgan fingerprint density at radius 2 is 1.22 bits per heavy atom. The number of aromatic nitrogens is 1. The van der Waals surface area contributed by atoms with Crippen LogP contribution in [0.2, 0.25) is 0 Å². The summed E-state index contributed by atoms with van der Waals surface area (Å²) in [6.45, 7) is 4.33. The van der Waals surface area contributed by atoms with E-state index in [4.69, 9.17) is 4.42 Å². The van der Waals surface area contributed by atoms with Gasteiger partial charge in [-0.15, -0.1) is 11.3 Å². The second-order valence-corrected chi connectivity index (χ2v) is 12.1. The predicted octanol–water partition coefficient (Wildman–Crippen LogP) is 11.3. The summed E-state index contributed by atoms with van der Waals surface area (Å²) in [5, 5.41) is 7.48. The first-order valence-electron chi connectivity index (χ1n) is 14.0. The van der Waals surface area contributed by atoms with Crippen LogP contribution in [0.25, 0.3) is 80.7 Å². The van der Waals surface area contributed by atoms with E-state index in [2.05, 4.69) is 134 Å². The Hall–Kier alpha value is -4.86. The molecule has 6 aromatic carbocycles. The Kier molecular flexibility index (Phi) is 4.65. The predicted molar refractivity (Wildman–Crippen MR) is 176 cm³/mol. The fourth-order valence-corrected chi connectivity index (χ4v) is 7.93. The van der Waals surface area contributed by atoms with E-state index in [1.54, 1.807) is 0 Å². The topological polar surface area (TPSA) is 18.1 Å². The zero-order valence-electron chi connectivity index (χ0n) is 22.7. The number of aryl methyl sites for hydroxylation is 2. The molecule has 0 atom stereocenters. The number of fused-ring (bicyclic) bond motifs is 9. The smallest absolute Gasteiger partial charge is 0.159 e. The third-order valence-electron chi connectivity index (χ3n) is 8.51. The molecule has 3 aromatic heterocycles. The lowest BCUT2D eigenvalue weighted by Crippen LogP contribution is -1.94. The van der Waals surface area contributed by atoms with Crippen LogP contribution in [0.4, 0.5) is 0 Å². The highest BCUT2D eigenvalue weighted by Gasteiger charge is 2.20. The second kappa shape index (κ2) is 8.33. The highest BCUT2D eigenvalue weighted by atomic mass is 32.1. The molecule has 0 radical (unpaired) electrons. The molecule has 2 nitrogen and oxygen atoms in total. The molecule has 0 spiro atoms. The number of nitrogens with zero attached hydrogens (tertiary/aromatic N) is 1. The monoisotopic (exact) mass is 543 g/mol. The van der Waals surface area contributed by atoms with Gasteiger partial charge in [-0.1, -0.05) is 83.9 Å². The zero-order valence-corrected chi connectivity index (χ0v) is 23.5. The summed E-state index contributed by atoms with van der Waals surface area (Å²) in [7, 11) is 0. The maximum atomic E-state index is 6.77. The van der Waals surface area contributed by atoms with Gasteiger partial charge in [-0.25, -0.2) is 0 Å². The number of hydrogen-bond acceptors (Lipinski definition) is 2. The summed E-state index contributed by atoms with van der Waals surface area (Å²) in [6, 6.07) is 41.9. The van der Waals surface area contributed by atoms with E-state index in [9.17, 15) is 0 Å². The van der Waals surface area contributed by atoms with Crippen molar-refractivity contribution in [1.29, 1.82) is 0 Å². The van der Waals surface area contributed by atoms with Crippen LogP contribution in [-0.2, 0) is 0 Å². The van der Waals surface area contributed by atoms with E-state index in [-0.39, 0.29) is 0 Å². The first kappa shape index (κ1) is 22.9. The molecule has 0 unspecified atom stereocenters. The van der Waals surface area contributed by atoms with Gasteiger partial charge in [-0.2, -0.15) is 0 Å². The number of para-hydroxylation sites is 1. The lowest BCUT2D eigenvalue weighted by Gasteiger charge is -2.09. The van der Waals surface area contributed by atoms with Crippen molar-refractivity contribution in [3.8, 4) is 16.8 Å². The molecule has 0 N–H and O–H groups in total. The minimum Gasteiger partial charge on any atom is -0.454 e. The van der Waals surface area contributed by atoms with Gasteiger partial charge in [0.15, 0.2) is 5.58 Å². The summed E-state index contributed by atoms with van der Waals surface area (Å²) >= 11 is 1.87. The highest BCUT2D eigenvalue weighted by Crippen LogP contribution is 2.45. The molecule has 194 valence electrons. The van der Waals surface area contributed by atoms with Gasteiger partial charge in [0.2, 0.25) is 0 Å². The summed E-state index contributed by atoms with van der Waals surface area (Å²) in [5.74, 6) is 0. The molecule has 9 rings (SSSR count). The number of hydrogen-bond donors (Lipinski definition) is 0. The minimum absolute atomic E-state index is 0.913. The van der Waals surface area contributed by atoms with Gasteiger partial charge in [0.1, 0.15) is 5.58 Å². The molecule has 0 bridgehead atoms. The van der Waals surface area contributed by atoms with Crippen molar-refractivity contribution < 1.29 is 4.42 Å². The van der Waals surface area contributed by atoms with Gasteiger partial charge in [0.05, 0.1) is 16.7 Å². The van der Waals surface area contributed by atoms with Crippen LogP contribution in [0.15, 0.2) is 120 Å². The first-order chi connectivity index (χ1) is 20.2. The Morgan fingerprint density at radius 3 is 2.02 bits per heavy atom. The molecule has 9 aromatic rings. The van der Waals surface area contributed by atoms with Crippen molar-refractivity contribution >= 4 is 75.3 Å². The molecule has 0 fully saturated rings. The molecule has 3 heterocycles. The molecule has 0 aliphatic carbocycles. The molecule has 0 aliphatic heterocycles. The van der Waals surface area contributed by atoms with Gasteiger partial charge in [-0.3, -0.25) is 0 Å². The van der Waals surface area contributed by atoms with E-state index >= 15 is 0 Å². The average molecular weight is 544 g/mol. The molecule has 0 saturated carbocycles. The van der Waals surface area contributed by atoms with Crippen molar-refractivity contribution in [2.75, 3.05) is 0 Å². The summed E-state index contributed by atoms with van der Waals surface area (Å²) in [5.41, 5.74) is 10.3. The Bertz CT molecular complexity index is 2450. The molecular weight excluding hydrogens is 518 g/mol. The van der Waals surface area contributed by atoms with Crippen molar-refractivity contribution in [3.63, 3.8) is 0 Å². The van der Waals surface area contributed by atoms with Gasteiger partial charge < -0.3 is 8.98 Å². The van der Waals surface area contributed by atoms with Crippen LogP contribution in [0.1, 0.15) is 11.1 Å². The molecule has 0 amide bonds. The van der Waals surface area contributed by atoms with Crippen molar-refractivity contribution in [1.82, 2.24) is 4.57 Å². The molecule has 41 heavy (non-hydrogen) atoms.